The summed E-state index contributed by atoms with van der Waals surface area (Å²) >= 11 is 0. The van der Waals surface area contributed by atoms with Crippen LogP contribution in [0.5, 0.6) is 5.75 Å². The Morgan fingerprint density at radius 3 is 2.63 bits per heavy atom. The molecule has 0 radical (unpaired) electrons. The Balaban J connectivity index is 2.29. The molecule has 0 bridgehead atoms. The number of carbonyl (C=O) groups excluding carboxylic acids is 3. The highest BCUT2D eigenvalue weighted by Gasteiger charge is 2.30. The van der Waals surface area contributed by atoms with Crippen LogP contribution in [0.4, 0.5) is 20.2 Å². The van der Waals surface area contributed by atoms with E-state index in [4.69, 9.17) is 10.5 Å². The van der Waals surface area contributed by atoms with Crippen molar-refractivity contribution >= 4 is 29.1 Å². The summed E-state index contributed by atoms with van der Waals surface area (Å²) in [6, 6.07) is 2.73. The molecule has 0 saturated carbocycles. The molecule has 11 heteroatoms. The summed E-state index contributed by atoms with van der Waals surface area (Å²) < 4.78 is 35.4. The fraction of sp³-hybridized carbons (Fsp3) is 0.526. The van der Waals surface area contributed by atoms with Gasteiger partial charge in [-0.2, -0.15) is 8.78 Å². The Labute approximate surface area is 173 Å². The molecule has 1 atom stereocenters. The monoisotopic (exact) mass is 428 g/mol. The normalized spacial score (nSPS) is 15.6. The summed E-state index contributed by atoms with van der Waals surface area (Å²) in [4.78, 5) is 39.4. The van der Waals surface area contributed by atoms with Crippen LogP contribution in [-0.2, 0) is 19.1 Å². The van der Waals surface area contributed by atoms with Gasteiger partial charge in [0.05, 0.1) is 12.3 Å². The van der Waals surface area contributed by atoms with E-state index in [1.54, 1.807) is 7.05 Å². The molecule has 3 N–H and O–H groups in total. The smallest absolute Gasteiger partial charge is 0.387 e. The summed E-state index contributed by atoms with van der Waals surface area (Å²) in [5, 5.41) is 2.42. The lowest BCUT2D eigenvalue weighted by atomic mass is 10.1. The van der Waals surface area contributed by atoms with E-state index in [0.717, 1.165) is 0 Å². The van der Waals surface area contributed by atoms with E-state index in [9.17, 15) is 23.2 Å². The third kappa shape index (κ3) is 6.10. The zero-order chi connectivity index (χ0) is 22.4. The average molecular weight is 428 g/mol. The van der Waals surface area contributed by atoms with Crippen LogP contribution in [0.3, 0.4) is 0 Å². The van der Waals surface area contributed by atoms with Crippen LogP contribution in [0.1, 0.15) is 13.8 Å². The van der Waals surface area contributed by atoms with Crippen molar-refractivity contribution in [1.29, 1.82) is 0 Å². The van der Waals surface area contributed by atoms with E-state index in [-0.39, 0.29) is 36.4 Å². The molecule has 1 aliphatic heterocycles. The van der Waals surface area contributed by atoms with Crippen molar-refractivity contribution in [2.45, 2.75) is 26.5 Å². The average Bonchev–Trinajstić information content (AvgIpc) is 2.62. The number of morpholine rings is 1. The topological polar surface area (TPSA) is 114 Å². The fourth-order valence-corrected chi connectivity index (χ4v) is 3.20. The number of nitrogens with two attached hydrogens (primary N) is 1. The lowest BCUT2D eigenvalue weighted by Gasteiger charge is -2.28. The maximum atomic E-state index is 12.9. The maximum absolute atomic E-state index is 12.9. The van der Waals surface area contributed by atoms with Gasteiger partial charge in [-0.25, -0.2) is 0 Å². The van der Waals surface area contributed by atoms with Gasteiger partial charge >= 0.3 is 6.61 Å². The zero-order valence-corrected chi connectivity index (χ0v) is 17.1. The first-order chi connectivity index (χ1) is 14.1. The van der Waals surface area contributed by atoms with Crippen LogP contribution in [0.25, 0.3) is 0 Å². The predicted octanol–water partition coefficient (Wildman–Crippen LogP) is 1.03. The van der Waals surface area contributed by atoms with Gasteiger partial charge in [0.15, 0.2) is 11.8 Å². The van der Waals surface area contributed by atoms with Gasteiger partial charge in [0, 0.05) is 24.8 Å². The third-order valence-corrected chi connectivity index (χ3v) is 4.35. The van der Waals surface area contributed by atoms with Crippen molar-refractivity contribution in [2.24, 2.45) is 11.7 Å². The van der Waals surface area contributed by atoms with Crippen LogP contribution in [0.15, 0.2) is 18.2 Å². The molecule has 1 saturated heterocycles. The number of primary amides is 1. The Bertz CT molecular complexity index is 790. The van der Waals surface area contributed by atoms with Crippen LogP contribution in [0, 0.1) is 5.92 Å². The van der Waals surface area contributed by atoms with Crippen LogP contribution >= 0.6 is 0 Å². The third-order valence-electron chi connectivity index (χ3n) is 4.35. The number of hydrogen-bond donors (Lipinski definition) is 2. The lowest BCUT2D eigenvalue weighted by molar-refractivity contribution is -0.132. The van der Waals surface area contributed by atoms with Gasteiger partial charge in [-0.1, -0.05) is 13.8 Å². The molecule has 0 aliphatic carbocycles. The molecular weight excluding hydrogens is 402 g/mol. The molecule has 1 aliphatic rings. The fourth-order valence-electron chi connectivity index (χ4n) is 3.20. The van der Waals surface area contributed by atoms with Crippen molar-refractivity contribution < 1.29 is 32.6 Å². The molecule has 1 aromatic carbocycles. The van der Waals surface area contributed by atoms with Crippen molar-refractivity contribution in [3.8, 4) is 5.75 Å². The second kappa shape index (κ2) is 10.3. The number of ether oxygens (including phenoxy) is 2. The first-order valence-electron chi connectivity index (χ1n) is 9.37. The molecule has 1 fully saturated rings. The van der Waals surface area contributed by atoms with Gasteiger partial charge in [-0.05, 0) is 25.1 Å². The van der Waals surface area contributed by atoms with E-state index in [1.165, 1.54) is 28.0 Å². The highest BCUT2D eigenvalue weighted by Crippen LogP contribution is 2.32. The quantitative estimate of drug-likeness (QED) is 0.568. The van der Waals surface area contributed by atoms with E-state index >= 15 is 0 Å². The summed E-state index contributed by atoms with van der Waals surface area (Å²) in [6.45, 7) is 1.51. The number of nitrogens with one attached hydrogen (secondary N) is 1. The van der Waals surface area contributed by atoms with Crippen LogP contribution < -0.4 is 20.7 Å². The minimum Gasteiger partial charge on any atom is -0.433 e. The van der Waals surface area contributed by atoms with Crippen molar-refractivity contribution in [1.82, 2.24) is 4.90 Å². The Hall–Kier alpha value is -2.79. The minimum absolute atomic E-state index is 0.0750. The van der Waals surface area contributed by atoms with E-state index in [2.05, 4.69) is 10.1 Å². The second-order valence-corrected chi connectivity index (χ2v) is 7.28. The van der Waals surface area contributed by atoms with Gasteiger partial charge in [0.25, 0.3) is 11.8 Å². The number of anilines is 2. The number of hydrogen-bond acceptors (Lipinski definition) is 6. The Kier molecular flexibility index (Phi) is 8.07. The van der Waals surface area contributed by atoms with Crippen molar-refractivity contribution in [2.75, 3.05) is 43.6 Å². The first-order valence-corrected chi connectivity index (χ1v) is 9.37. The molecular formula is C19H26F2N4O5. The molecule has 2 rings (SSSR count). The van der Waals surface area contributed by atoms with E-state index in [1.807, 2.05) is 13.8 Å². The summed E-state index contributed by atoms with van der Waals surface area (Å²) in [5.74, 6) is -2.16. The Morgan fingerprint density at radius 2 is 2.07 bits per heavy atom. The SMILES string of the molecule is CC(C)CN(C)[C@H](C(N)=O)C(=O)Nc1ccc(N2CCOCC2=O)cc1OC(F)F. The number of alkyl halides is 2. The molecule has 1 aromatic rings. The highest BCUT2D eigenvalue weighted by molar-refractivity contribution is 6.10. The molecule has 166 valence electrons. The number of likely N-dealkylation sites (N-methyl/N-ethyl adjacent to an activating group) is 1. The summed E-state index contributed by atoms with van der Waals surface area (Å²) in [7, 11) is 1.57. The molecule has 0 spiro atoms. The van der Waals surface area contributed by atoms with Gasteiger partial charge < -0.3 is 25.4 Å². The number of benzene rings is 1. The first kappa shape index (κ1) is 23.5. The molecule has 0 unspecified atom stereocenters. The summed E-state index contributed by atoms with van der Waals surface area (Å²) in [6.07, 6.45) is 0. The number of rotatable bonds is 9. The lowest BCUT2D eigenvalue weighted by Crippen LogP contribution is -2.51. The molecule has 1 heterocycles. The van der Waals surface area contributed by atoms with Gasteiger partial charge in [-0.15, -0.1) is 0 Å². The molecule has 3 amide bonds. The Morgan fingerprint density at radius 1 is 1.37 bits per heavy atom. The number of nitrogens with zero attached hydrogens (tertiary/aromatic N) is 2. The maximum Gasteiger partial charge on any atom is 0.387 e. The minimum atomic E-state index is -3.16. The highest BCUT2D eigenvalue weighted by atomic mass is 19.3. The van der Waals surface area contributed by atoms with Crippen LogP contribution in [-0.4, -0.2) is 68.6 Å². The van der Waals surface area contributed by atoms with Gasteiger partial charge in [0.1, 0.15) is 6.61 Å². The summed E-state index contributed by atoms with van der Waals surface area (Å²) in [5.41, 5.74) is 5.62. The molecule has 0 aromatic heterocycles. The van der Waals surface area contributed by atoms with Gasteiger partial charge in [0.2, 0.25) is 5.91 Å². The van der Waals surface area contributed by atoms with Gasteiger partial charge in [-0.3, -0.25) is 19.3 Å². The largest absolute Gasteiger partial charge is 0.433 e. The van der Waals surface area contributed by atoms with E-state index in [0.29, 0.717) is 18.8 Å². The standard InChI is InChI=1S/C19H26F2N4O5/c1-11(2)9-24(3)16(17(22)27)18(28)23-13-5-4-12(8-14(13)30-19(20)21)25-6-7-29-10-15(25)26/h4-5,8,11,16,19H,6-7,9-10H2,1-3H3,(H2,22,27)(H,23,28)/t16-/m1/s1. The van der Waals surface area contributed by atoms with Crippen molar-refractivity contribution in [3.63, 3.8) is 0 Å². The number of halogens is 2. The second-order valence-electron chi connectivity index (χ2n) is 7.28. The number of amides is 3. The zero-order valence-electron chi connectivity index (χ0n) is 17.1. The number of carbonyl (C=O) groups is 3. The predicted molar refractivity (Wildman–Crippen MR) is 105 cm³/mol. The van der Waals surface area contributed by atoms with Crippen molar-refractivity contribution in [3.05, 3.63) is 18.2 Å². The molecule has 9 nitrogen and oxygen atoms in total. The van der Waals surface area contributed by atoms with Crippen LogP contribution in [0.2, 0.25) is 0 Å². The van der Waals surface area contributed by atoms with E-state index < -0.39 is 24.5 Å². The molecule has 30 heavy (non-hydrogen) atoms.